The van der Waals surface area contributed by atoms with Crippen molar-refractivity contribution in [3.8, 4) is 0 Å². The minimum Gasteiger partial charge on any atom is -0.478 e. The first-order valence-corrected chi connectivity index (χ1v) is 7.82. The molecule has 1 heterocycles. The molecule has 0 aliphatic rings. The molecule has 0 aliphatic carbocycles. The number of amides is 1. The highest BCUT2D eigenvalue weighted by Crippen LogP contribution is 2.19. The molecule has 0 unspecified atom stereocenters. The first-order chi connectivity index (χ1) is 9.88. The Hall–Kier alpha value is -1.68. The van der Waals surface area contributed by atoms with Crippen LogP contribution in [0.4, 0.5) is 5.69 Å². The monoisotopic (exact) mass is 418 g/mol. The fourth-order valence-corrected chi connectivity index (χ4v) is 2.96. The van der Waals surface area contributed by atoms with E-state index in [0.717, 1.165) is 14.9 Å². The summed E-state index contributed by atoms with van der Waals surface area (Å²) in [6.45, 7) is 1.60. The maximum absolute atomic E-state index is 12.0. The van der Waals surface area contributed by atoms with Gasteiger partial charge in [0, 0.05) is 14.6 Å². The number of carboxylic acids is 1. The molecule has 0 radical (unpaired) electrons. The van der Waals surface area contributed by atoms with Gasteiger partial charge >= 0.3 is 10.8 Å². The molecule has 8 heteroatoms. The van der Waals surface area contributed by atoms with Gasteiger partial charge in [-0.25, -0.2) is 4.79 Å². The summed E-state index contributed by atoms with van der Waals surface area (Å²) in [5, 5.41) is 13.3. The summed E-state index contributed by atoms with van der Waals surface area (Å²) in [6, 6.07) is 4.71. The van der Waals surface area contributed by atoms with Gasteiger partial charge < -0.3 is 10.4 Å². The number of aromatic carboxylic acids is 1. The van der Waals surface area contributed by atoms with Gasteiger partial charge in [-0.3, -0.25) is 14.2 Å². The highest BCUT2D eigenvalue weighted by Gasteiger charge is 2.14. The summed E-state index contributed by atoms with van der Waals surface area (Å²) in [5.74, 6) is -1.56. The lowest BCUT2D eigenvalue weighted by molar-refractivity contribution is -0.116. The third-order valence-electron chi connectivity index (χ3n) is 2.76. The number of carbonyl (C=O) groups is 2. The molecular weight excluding hydrogens is 407 g/mol. The number of halogens is 1. The number of aryl methyl sites for hydroxylation is 1. The molecule has 110 valence electrons. The second-order valence-corrected chi connectivity index (χ2v) is 6.34. The Labute approximate surface area is 137 Å². The summed E-state index contributed by atoms with van der Waals surface area (Å²) in [4.78, 5) is 34.5. The normalized spacial score (nSPS) is 10.4. The number of nitrogens with one attached hydrogen (secondary N) is 1. The minimum absolute atomic E-state index is 0.0182. The molecule has 6 nitrogen and oxygen atoms in total. The predicted octanol–water partition coefficient (Wildman–Crippen LogP) is 2.16. The third kappa shape index (κ3) is 3.70. The van der Waals surface area contributed by atoms with Crippen LogP contribution in [0.25, 0.3) is 0 Å². The van der Waals surface area contributed by atoms with Crippen LogP contribution < -0.4 is 10.2 Å². The fraction of sp³-hybridized carbons (Fsp3) is 0.154. The molecule has 0 fully saturated rings. The molecule has 1 amide bonds. The van der Waals surface area contributed by atoms with Gasteiger partial charge in [0.25, 0.3) is 0 Å². The lowest BCUT2D eigenvalue weighted by atomic mass is 10.2. The second kappa shape index (κ2) is 6.39. The summed E-state index contributed by atoms with van der Waals surface area (Å²) in [6.07, 6.45) is 0. The zero-order valence-electron chi connectivity index (χ0n) is 10.9. The highest BCUT2D eigenvalue weighted by atomic mass is 127. The lowest BCUT2D eigenvalue weighted by Gasteiger charge is -2.10. The Morgan fingerprint density at radius 3 is 2.71 bits per heavy atom. The maximum atomic E-state index is 12.0. The molecule has 0 spiro atoms. The number of aromatic nitrogens is 1. The van der Waals surface area contributed by atoms with E-state index in [1.807, 2.05) is 22.6 Å². The van der Waals surface area contributed by atoms with Crippen LogP contribution in [0.3, 0.4) is 0 Å². The lowest BCUT2D eigenvalue weighted by Crippen LogP contribution is -2.25. The Bertz CT molecular complexity index is 766. The summed E-state index contributed by atoms with van der Waals surface area (Å²) >= 11 is 3.02. The third-order valence-corrected chi connectivity index (χ3v) is 4.32. The number of carbonyl (C=O) groups excluding carboxylic acids is 1. The van der Waals surface area contributed by atoms with E-state index in [9.17, 15) is 14.4 Å². The molecule has 0 atom stereocenters. The van der Waals surface area contributed by atoms with Crippen LogP contribution in [0.5, 0.6) is 0 Å². The van der Waals surface area contributed by atoms with Crippen LogP contribution in [0.1, 0.15) is 16.1 Å². The average molecular weight is 418 g/mol. The zero-order chi connectivity index (χ0) is 15.6. The van der Waals surface area contributed by atoms with E-state index in [0.29, 0.717) is 5.69 Å². The second-order valence-electron chi connectivity index (χ2n) is 4.27. The Morgan fingerprint density at radius 2 is 2.14 bits per heavy atom. The Balaban J connectivity index is 2.21. The van der Waals surface area contributed by atoms with Crippen molar-refractivity contribution >= 4 is 51.5 Å². The summed E-state index contributed by atoms with van der Waals surface area (Å²) in [5.41, 5.74) is 0.930. The van der Waals surface area contributed by atoms with Crippen LogP contribution in [0.15, 0.2) is 28.4 Å². The van der Waals surface area contributed by atoms with Crippen LogP contribution >= 0.6 is 33.9 Å². The molecular formula is C13H11IN2O4S. The zero-order valence-corrected chi connectivity index (χ0v) is 13.9. The minimum atomic E-state index is -1.12. The first-order valence-electron chi connectivity index (χ1n) is 5.86. The largest absolute Gasteiger partial charge is 0.478 e. The molecule has 21 heavy (non-hydrogen) atoms. The smallest absolute Gasteiger partial charge is 0.337 e. The van der Waals surface area contributed by atoms with Crippen LogP contribution in [0, 0.1) is 10.5 Å². The van der Waals surface area contributed by atoms with E-state index >= 15 is 0 Å². The van der Waals surface area contributed by atoms with Crippen molar-refractivity contribution in [2.75, 3.05) is 5.32 Å². The van der Waals surface area contributed by atoms with Gasteiger partial charge in [0.2, 0.25) is 5.91 Å². The first kappa shape index (κ1) is 15.7. The molecule has 1 aromatic carbocycles. The van der Waals surface area contributed by atoms with Gasteiger partial charge in [-0.05, 0) is 47.7 Å². The molecule has 0 saturated heterocycles. The van der Waals surface area contributed by atoms with Crippen LogP contribution in [-0.4, -0.2) is 21.6 Å². The highest BCUT2D eigenvalue weighted by molar-refractivity contribution is 14.1. The van der Waals surface area contributed by atoms with Crippen molar-refractivity contribution in [3.05, 3.63) is 48.1 Å². The average Bonchev–Trinajstić information content (AvgIpc) is 2.72. The number of carboxylic acid groups (broad SMARTS) is 1. The van der Waals surface area contributed by atoms with E-state index in [4.69, 9.17) is 5.11 Å². The molecule has 0 saturated carbocycles. The number of hydrogen-bond donors (Lipinski definition) is 2. The van der Waals surface area contributed by atoms with Crippen molar-refractivity contribution < 1.29 is 14.7 Å². The van der Waals surface area contributed by atoms with E-state index in [1.54, 1.807) is 18.4 Å². The molecule has 2 N–H and O–H groups in total. The van der Waals surface area contributed by atoms with Gasteiger partial charge in [0.1, 0.15) is 6.54 Å². The molecule has 1 aromatic heterocycles. The van der Waals surface area contributed by atoms with Gasteiger partial charge in [0.05, 0.1) is 11.3 Å². The fourth-order valence-electron chi connectivity index (χ4n) is 1.73. The number of thiazole rings is 1. The number of rotatable bonds is 4. The number of anilines is 1. The van der Waals surface area contributed by atoms with Crippen molar-refractivity contribution in [2.24, 2.45) is 0 Å². The topological polar surface area (TPSA) is 88.4 Å². The van der Waals surface area contributed by atoms with Gasteiger partial charge in [-0.1, -0.05) is 11.3 Å². The van der Waals surface area contributed by atoms with Crippen LogP contribution in [0.2, 0.25) is 0 Å². The van der Waals surface area contributed by atoms with Crippen molar-refractivity contribution in [1.82, 2.24) is 4.57 Å². The van der Waals surface area contributed by atoms with E-state index in [-0.39, 0.29) is 22.7 Å². The number of benzene rings is 1. The molecule has 2 rings (SSSR count). The number of hydrogen-bond acceptors (Lipinski definition) is 4. The SMILES string of the molecule is Cc1csc(=O)n1CC(=O)Nc1ccc(I)cc1C(=O)O. The Morgan fingerprint density at radius 1 is 1.43 bits per heavy atom. The van der Waals surface area contributed by atoms with E-state index in [2.05, 4.69) is 5.32 Å². The van der Waals surface area contributed by atoms with Crippen LogP contribution in [-0.2, 0) is 11.3 Å². The van der Waals surface area contributed by atoms with E-state index < -0.39 is 11.9 Å². The van der Waals surface area contributed by atoms with Gasteiger partial charge in [0.15, 0.2) is 0 Å². The predicted molar refractivity (Wildman–Crippen MR) is 88.1 cm³/mol. The van der Waals surface area contributed by atoms with E-state index in [1.165, 1.54) is 16.7 Å². The Kier molecular flexibility index (Phi) is 4.78. The molecule has 2 aromatic rings. The van der Waals surface area contributed by atoms with Crippen molar-refractivity contribution in [2.45, 2.75) is 13.5 Å². The standard InChI is InChI=1S/C13H11IN2O4S/c1-7-6-21-13(20)16(7)5-11(17)15-10-3-2-8(14)4-9(10)12(18)19/h2-4,6H,5H2,1H3,(H,15,17)(H,18,19). The quantitative estimate of drug-likeness (QED) is 0.746. The molecule has 0 aliphatic heterocycles. The summed E-state index contributed by atoms with van der Waals surface area (Å²) in [7, 11) is 0. The number of nitrogens with zero attached hydrogens (tertiary/aromatic N) is 1. The van der Waals surface area contributed by atoms with Crippen molar-refractivity contribution in [3.63, 3.8) is 0 Å². The summed E-state index contributed by atoms with van der Waals surface area (Å²) < 4.78 is 2.10. The maximum Gasteiger partial charge on any atom is 0.337 e. The van der Waals surface area contributed by atoms with Crippen molar-refractivity contribution in [1.29, 1.82) is 0 Å². The van der Waals surface area contributed by atoms with Gasteiger partial charge in [-0.2, -0.15) is 0 Å². The van der Waals surface area contributed by atoms with Gasteiger partial charge in [-0.15, -0.1) is 0 Å². The molecule has 0 bridgehead atoms.